The number of sulfone groups is 1. The smallest absolute Gasteiger partial charge is 0.256 e. The Labute approximate surface area is 103 Å². The van der Waals surface area contributed by atoms with Crippen LogP contribution < -0.4 is 5.32 Å². The molecule has 1 atom stereocenters. The summed E-state index contributed by atoms with van der Waals surface area (Å²) in [5, 5.41) is 3.34. The minimum absolute atomic E-state index is 0.172. The first-order chi connectivity index (χ1) is 7.39. The quantitative estimate of drug-likeness (QED) is 0.768. The summed E-state index contributed by atoms with van der Waals surface area (Å²) in [6, 6.07) is 0. The van der Waals surface area contributed by atoms with Crippen molar-refractivity contribution in [3.05, 3.63) is 0 Å². The van der Waals surface area contributed by atoms with E-state index in [1.54, 1.807) is 0 Å². The molecular weight excluding hydrogens is 246 g/mol. The molecule has 0 aliphatic carbocycles. The van der Waals surface area contributed by atoms with Crippen molar-refractivity contribution >= 4 is 27.2 Å². The lowest BCUT2D eigenvalue weighted by Crippen LogP contribution is -2.30. The van der Waals surface area contributed by atoms with Crippen molar-refractivity contribution in [2.75, 3.05) is 24.7 Å². The van der Waals surface area contributed by atoms with Crippen LogP contribution in [-0.4, -0.2) is 38.2 Å². The molecule has 4 nitrogen and oxygen atoms in total. The predicted octanol–water partition coefficient (Wildman–Crippen LogP) is 0.968. The number of hydrogen-bond acceptors (Lipinski definition) is 4. The molecule has 1 saturated heterocycles. The number of hydrogen-bond donors (Lipinski definition) is 1. The molecule has 0 radical (unpaired) electrons. The summed E-state index contributed by atoms with van der Waals surface area (Å²) in [6.45, 7) is 5.28. The first-order valence-electron chi connectivity index (χ1n) is 5.50. The molecule has 0 spiro atoms. The van der Waals surface area contributed by atoms with Crippen molar-refractivity contribution in [1.29, 1.82) is 0 Å². The van der Waals surface area contributed by atoms with Crippen LogP contribution in [-0.2, 0) is 14.6 Å². The molecule has 0 unspecified atom stereocenters. The monoisotopic (exact) mass is 265 g/mol. The lowest BCUT2D eigenvalue weighted by molar-refractivity contribution is 0.253. The van der Waals surface area contributed by atoms with Gasteiger partial charge < -0.3 is 10.1 Å². The average molecular weight is 265 g/mol. The predicted molar refractivity (Wildman–Crippen MR) is 68.2 cm³/mol. The van der Waals surface area contributed by atoms with E-state index in [-0.39, 0.29) is 11.7 Å². The van der Waals surface area contributed by atoms with Crippen LogP contribution in [0.25, 0.3) is 0 Å². The first kappa shape index (κ1) is 13.7. The number of thiocarbonyl (C=S) groups is 1. The summed E-state index contributed by atoms with van der Waals surface area (Å²) in [4.78, 5) is 0. The Morgan fingerprint density at radius 1 is 1.56 bits per heavy atom. The second-order valence-electron chi connectivity index (χ2n) is 4.64. The molecule has 1 aliphatic rings. The molecule has 94 valence electrons. The van der Waals surface area contributed by atoms with Crippen LogP contribution in [0.3, 0.4) is 0 Å². The average Bonchev–Trinajstić information content (AvgIpc) is 2.52. The van der Waals surface area contributed by atoms with Gasteiger partial charge in [-0.1, -0.05) is 13.8 Å². The molecule has 0 aromatic rings. The van der Waals surface area contributed by atoms with Gasteiger partial charge in [-0.05, 0) is 30.5 Å². The Bertz CT molecular complexity index is 338. The second-order valence-corrected chi connectivity index (χ2v) is 7.24. The molecule has 0 bridgehead atoms. The third-order valence-electron chi connectivity index (χ3n) is 2.41. The zero-order chi connectivity index (χ0) is 12.2. The van der Waals surface area contributed by atoms with Gasteiger partial charge in [0.15, 0.2) is 9.84 Å². The van der Waals surface area contributed by atoms with Gasteiger partial charge in [0.25, 0.3) is 5.17 Å². The van der Waals surface area contributed by atoms with Crippen molar-refractivity contribution in [1.82, 2.24) is 5.32 Å². The molecule has 0 saturated carbocycles. The minimum atomic E-state index is -2.79. The fourth-order valence-electron chi connectivity index (χ4n) is 1.55. The van der Waals surface area contributed by atoms with Gasteiger partial charge in [0.1, 0.15) is 0 Å². The van der Waals surface area contributed by atoms with Gasteiger partial charge in [0.05, 0.1) is 18.1 Å². The molecule has 0 aromatic heterocycles. The molecule has 1 N–H and O–H groups in total. The first-order valence-corrected chi connectivity index (χ1v) is 7.73. The number of ether oxygens (including phenoxy) is 1. The van der Waals surface area contributed by atoms with Gasteiger partial charge in [0, 0.05) is 6.54 Å². The second kappa shape index (κ2) is 5.82. The normalized spacial score (nSPS) is 23.3. The molecular formula is C10H19NO3S2. The van der Waals surface area contributed by atoms with Gasteiger partial charge in [0.2, 0.25) is 0 Å². The molecule has 1 rings (SSSR count). The topological polar surface area (TPSA) is 55.4 Å². The standard InChI is InChI=1S/C10H19NO3S2/c1-8(2)6-14-10(15)11-5-9-3-4-16(12,13)7-9/h8-9H,3-7H2,1-2H3,(H,11,15)/t9-/m0/s1. The van der Waals surface area contributed by atoms with Gasteiger partial charge in [-0.3, -0.25) is 0 Å². The Balaban J connectivity index is 2.18. The van der Waals surface area contributed by atoms with E-state index in [4.69, 9.17) is 17.0 Å². The highest BCUT2D eigenvalue weighted by atomic mass is 32.2. The van der Waals surface area contributed by atoms with E-state index in [1.807, 2.05) is 13.8 Å². The SMILES string of the molecule is CC(C)COC(=S)NC[C@@H]1CCS(=O)(=O)C1. The van der Waals surface area contributed by atoms with Gasteiger partial charge >= 0.3 is 0 Å². The van der Waals surface area contributed by atoms with Crippen molar-refractivity contribution in [3.63, 3.8) is 0 Å². The van der Waals surface area contributed by atoms with Crippen molar-refractivity contribution < 1.29 is 13.2 Å². The summed E-state index contributed by atoms with van der Waals surface area (Å²) in [6.07, 6.45) is 0.724. The molecule has 1 heterocycles. The highest BCUT2D eigenvalue weighted by Gasteiger charge is 2.27. The fourth-order valence-corrected chi connectivity index (χ4v) is 3.57. The third kappa shape index (κ3) is 5.12. The zero-order valence-corrected chi connectivity index (χ0v) is 11.4. The van der Waals surface area contributed by atoms with Crippen molar-refractivity contribution in [3.8, 4) is 0 Å². The molecule has 0 aromatic carbocycles. The van der Waals surface area contributed by atoms with Gasteiger partial charge in [-0.15, -0.1) is 0 Å². The Hall–Kier alpha value is -0.360. The van der Waals surface area contributed by atoms with E-state index in [2.05, 4.69) is 5.32 Å². The third-order valence-corrected chi connectivity index (χ3v) is 4.51. The van der Waals surface area contributed by atoms with Crippen LogP contribution in [0, 0.1) is 11.8 Å². The summed E-state index contributed by atoms with van der Waals surface area (Å²) >= 11 is 4.98. The van der Waals surface area contributed by atoms with E-state index in [0.717, 1.165) is 6.42 Å². The van der Waals surface area contributed by atoms with E-state index in [0.29, 0.717) is 30.0 Å². The van der Waals surface area contributed by atoms with E-state index >= 15 is 0 Å². The van der Waals surface area contributed by atoms with Crippen LogP contribution in [0.4, 0.5) is 0 Å². The lowest BCUT2D eigenvalue weighted by atomic mass is 10.1. The number of rotatable bonds is 4. The van der Waals surface area contributed by atoms with Gasteiger partial charge in [-0.25, -0.2) is 8.42 Å². The highest BCUT2D eigenvalue weighted by Crippen LogP contribution is 2.17. The minimum Gasteiger partial charge on any atom is -0.471 e. The Morgan fingerprint density at radius 2 is 2.25 bits per heavy atom. The summed E-state index contributed by atoms with van der Waals surface area (Å²) < 4.78 is 27.7. The van der Waals surface area contributed by atoms with E-state index < -0.39 is 9.84 Å². The maximum absolute atomic E-state index is 11.2. The van der Waals surface area contributed by atoms with Gasteiger partial charge in [-0.2, -0.15) is 0 Å². The van der Waals surface area contributed by atoms with Crippen LogP contribution in [0.15, 0.2) is 0 Å². The van der Waals surface area contributed by atoms with Crippen LogP contribution in [0.5, 0.6) is 0 Å². The van der Waals surface area contributed by atoms with Crippen LogP contribution >= 0.6 is 12.2 Å². The fraction of sp³-hybridized carbons (Fsp3) is 0.900. The Kier molecular flexibility index (Phi) is 4.98. The van der Waals surface area contributed by atoms with E-state index in [9.17, 15) is 8.42 Å². The Morgan fingerprint density at radius 3 is 2.75 bits per heavy atom. The summed E-state index contributed by atoms with van der Waals surface area (Å²) in [7, 11) is -2.79. The number of nitrogens with one attached hydrogen (secondary N) is 1. The zero-order valence-electron chi connectivity index (χ0n) is 9.73. The molecule has 1 fully saturated rings. The van der Waals surface area contributed by atoms with Crippen LogP contribution in [0.1, 0.15) is 20.3 Å². The largest absolute Gasteiger partial charge is 0.471 e. The summed E-state index contributed by atoms with van der Waals surface area (Å²) in [5.41, 5.74) is 0. The lowest BCUT2D eigenvalue weighted by Gasteiger charge is -2.13. The maximum Gasteiger partial charge on any atom is 0.256 e. The van der Waals surface area contributed by atoms with Crippen molar-refractivity contribution in [2.24, 2.45) is 11.8 Å². The highest BCUT2D eigenvalue weighted by molar-refractivity contribution is 7.91. The molecule has 6 heteroatoms. The van der Waals surface area contributed by atoms with Crippen molar-refractivity contribution in [2.45, 2.75) is 20.3 Å². The molecule has 16 heavy (non-hydrogen) atoms. The maximum atomic E-state index is 11.2. The van der Waals surface area contributed by atoms with Crippen LogP contribution in [0.2, 0.25) is 0 Å². The summed E-state index contributed by atoms with van der Waals surface area (Å²) in [5.74, 6) is 1.18. The molecule has 0 amide bonds. The van der Waals surface area contributed by atoms with E-state index in [1.165, 1.54) is 0 Å². The molecule has 1 aliphatic heterocycles.